The van der Waals surface area contributed by atoms with E-state index >= 15 is 0 Å². The number of amides is 3. The summed E-state index contributed by atoms with van der Waals surface area (Å²) in [6.45, 7) is 1.82. The van der Waals surface area contributed by atoms with E-state index in [4.69, 9.17) is 0 Å². The minimum atomic E-state index is -1.07. The fourth-order valence-electron chi connectivity index (χ4n) is 3.68. The molecule has 0 unspecified atom stereocenters. The molecule has 10 heteroatoms. The van der Waals surface area contributed by atoms with Crippen LogP contribution in [0.3, 0.4) is 0 Å². The Kier molecular flexibility index (Phi) is 6.64. The van der Waals surface area contributed by atoms with Crippen molar-refractivity contribution in [1.29, 1.82) is 0 Å². The van der Waals surface area contributed by atoms with Gasteiger partial charge in [0.1, 0.15) is 5.69 Å². The number of aromatic amines is 1. The van der Waals surface area contributed by atoms with E-state index in [1.165, 1.54) is 6.07 Å². The van der Waals surface area contributed by atoms with Gasteiger partial charge in [-0.2, -0.15) is 0 Å². The number of carbonyl (C=O) groups is 3. The summed E-state index contributed by atoms with van der Waals surface area (Å²) in [6.07, 6.45) is 0. The highest BCUT2D eigenvalue weighted by Crippen LogP contribution is 2.17. The van der Waals surface area contributed by atoms with Gasteiger partial charge >= 0.3 is 0 Å². The lowest BCUT2D eigenvalue weighted by atomic mass is 10.2. The maximum absolute atomic E-state index is 13.2. The molecule has 0 bridgehead atoms. The highest BCUT2D eigenvalue weighted by Gasteiger charge is 2.24. The molecule has 0 spiro atoms. The number of hydrogen-bond acceptors (Lipinski definition) is 4. The fourth-order valence-corrected chi connectivity index (χ4v) is 3.68. The lowest BCUT2D eigenvalue weighted by molar-refractivity contribution is -0.125. The van der Waals surface area contributed by atoms with E-state index in [1.54, 1.807) is 4.90 Å². The van der Waals surface area contributed by atoms with Crippen molar-refractivity contribution in [3.63, 3.8) is 0 Å². The number of nitrogens with one attached hydrogen (secondary N) is 3. The second-order valence-electron chi connectivity index (χ2n) is 7.79. The standard InChI is InChI=1S/C23H23F2N5O3/c24-17-6-5-16(12-18(17)25)27-21(31)13-26-22(32)14-29-7-9-30(10-8-29)23(33)20-11-15-3-1-2-4-19(15)28-20/h1-6,11-12,28H,7-10,13-14H2,(H,26,32)(H,27,31). The van der Waals surface area contributed by atoms with E-state index in [-0.39, 0.29) is 30.6 Å². The maximum Gasteiger partial charge on any atom is 0.270 e. The number of rotatable bonds is 6. The van der Waals surface area contributed by atoms with Crippen LogP contribution in [0.4, 0.5) is 14.5 Å². The van der Waals surface area contributed by atoms with Crippen molar-refractivity contribution in [1.82, 2.24) is 20.1 Å². The van der Waals surface area contributed by atoms with E-state index in [0.29, 0.717) is 31.9 Å². The maximum atomic E-state index is 13.2. The topological polar surface area (TPSA) is 97.5 Å². The molecule has 8 nitrogen and oxygen atoms in total. The highest BCUT2D eigenvalue weighted by molar-refractivity contribution is 5.98. The molecule has 1 aliphatic rings. The second-order valence-corrected chi connectivity index (χ2v) is 7.79. The van der Waals surface area contributed by atoms with Crippen LogP contribution in [0.15, 0.2) is 48.5 Å². The molecule has 1 saturated heterocycles. The van der Waals surface area contributed by atoms with E-state index < -0.39 is 17.5 Å². The predicted molar refractivity (Wildman–Crippen MR) is 119 cm³/mol. The number of fused-ring (bicyclic) bond motifs is 1. The smallest absolute Gasteiger partial charge is 0.270 e. The molecule has 1 aliphatic heterocycles. The number of benzene rings is 2. The summed E-state index contributed by atoms with van der Waals surface area (Å²) in [5.74, 6) is -3.05. The third kappa shape index (κ3) is 5.53. The van der Waals surface area contributed by atoms with E-state index in [0.717, 1.165) is 23.0 Å². The Morgan fingerprint density at radius 1 is 0.909 bits per heavy atom. The molecular weight excluding hydrogens is 432 g/mol. The Labute approximate surface area is 188 Å². The van der Waals surface area contributed by atoms with Gasteiger partial charge in [-0.1, -0.05) is 18.2 Å². The molecule has 0 radical (unpaired) electrons. The van der Waals surface area contributed by atoms with Crippen molar-refractivity contribution in [2.45, 2.75) is 0 Å². The van der Waals surface area contributed by atoms with Crippen LogP contribution < -0.4 is 10.6 Å². The molecular formula is C23H23F2N5O3. The Morgan fingerprint density at radius 2 is 1.67 bits per heavy atom. The SMILES string of the molecule is O=C(CN1CCN(C(=O)c2cc3ccccc3[nH]2)CC1)NCC(=O)Nc1ccc(F)c(F)c1. The van der Waals surface area contributed by atoms with Crippen molar-refractivity contribution >= 4 is 34.3 Å². The van der Waals surface area contributed by atoms with Gasteiger partial charge in [0.15, 0.2) is 11.6 Å². The number of carbonyl (C=O) groups excluding carboxylic acids is 3. The normalized spacial score (nSPS) is 14.3. The first-order valence-corrected chi connectivity index (χ1v) is 10.5. The van der Waals surface area contributed by atoms with Crippen molar-refractivity contribution in [3.8, 4) is 0 Å². The number of H-pyrrole nitrogens is 1. The quantitative estimate of drug-likeness (QED) is 0.529. The summed E-state index contributed by atoms with van der Waals surface area (Å²) >= 11 is 0. The molecule has 0 atom stereocenters. The van der Waals surface area contributed by atoms with Crippen molar-refractivity contribution < 1.29 is 23.2 Å². The number of halogens is 2. The number of aromatic nitrogens is 1. The average molecular weight is 455 g/mol. The number of piperazine rings is 1. The summed E-state index contributed by atoms with van der Waals surface area (Å²) in [7, 11) is 0. The largest absolute Gasteiger partial charge is 0.351 e. The summed E-state index contributed by atoms with van der Waals surface area (Å²) in [5.41, 5.74) is 1.54. The van der Waals surface area contributed by atoms with Gasteiger partial charge in [-0.05, 0) is 24.3 Å². The lowest BCUT2D eigenvalue weighted by Crippen LogP contribution is -2.51. The van der Waals surface area contributed by atoms with Crippen molar-refractivity contribution in [2.75, 3.05) is 44.6 Å². The van der Waals surface area contributed by atoms with Gasteiger partial charge in [-0.3, -0.25) is 19.3 Å². The fraction of sp³-hybridized carbons (Fsp3) is 0.261. The molecule has 1 fully saturated rings. The molecule has 2 aromatic carbocycles. The van der Waals surface area contributed by atoms with Gasteiger partial charge in [-0.15, -0.1) is 0 Å². The monoisotopic (exact) mass is 455 g/mol. The molecule has 3 N–H and O–H groups in total. The van der Waals surface area contributed by atoms with E-state index in [9.17, 15) is 23.2 Å². The molecule has 3 aromatic rings. The number of hydrogen-bond donors (Lipinski definition) is 3. The Hall–Kier alpha value is -3.79. The molecule has 3 amide bonds. The van der Waals surface area contributed by atoms with Crippen LogP contribution in [0.2, 0.25) is 0 Å². The summed E-state index contributed by atoms with van der Waals surface area (Å²) in [4.78, 5) is 43.7. The van der Waals surface area contributed by atoms with E-state index in [2.05, 4.69) is 15.6 Å². The second kappa shape index (κ2) is 9.78. The summed E-state index contributed by atoms with van der Waals surface area (Å²) in [5, 5.41) is 5.87. The first-order chi connectivity index (χ1) is 15.9. The van der Waals surface area contributed by atoms with Gasteiger partial charge < -0.3 is 20.5 Å². The minimum Gasteiger partial charge on any atom is -0.351 e. The summed E-state index contributed by atoms with van der Waals surface area (Å²) < 4.78 is 26.1. The zero-order chi connectivity index (χ0) is 23.4. The van der Waals surface area contributed by atoms with Gasteiger partial charge in [0, 0.05) is 48.8 Å². The lowest BCUT2D eigenvalue weighted by Gasteiger charge is -2.34. The molecule has 0 saturated carbocycles. The molecule has 2 heterocycles. The molecule has 4 rings (SSSR count). The molecule has 1 aromatic heterocycles. The minimum absolute atomic E-state index is 0.0794. The molecule has 33 heavy (non-hydrogen) atoms. The highest BCUT2D eigenvalue weighted by atomic mass is 19.2. The van der Waals surface area contributed by atoms with Crippen LogP contribution in [0.25, 0.3) is 10.9 Å². The Bertz CT molecular complexity index is 1150. The number of para-hydroxylation sites is 1. The van der Waals surface area contributed by atoms with Crippen molar-refractivity contribution in [2.24, 2.45) is 0 Å². The molecule has 172 valence electrons. The van der Waals surface area contributed by atoms with Crippen molar-refractivity contribution in [3.05, 3.63) is 65.9 Å². The van der Waals surface area contributed by atoms with Crippen LogP contribution in [-0.2, 0) is 9.59 Å². The van der Waals surface area contributed by atoms with Crippen LogP contribution in [0.1, 0.15) is 10.5 Å². The first-order valence-electron chi connectivity index (χ1n) is 10.5. The average Bonchev–Trinajstić information content (AvgIpc) is 3.25. The van der Waals surface area contributed by atoms with Crippen LogP contribution in [-0.4, -0.2) is 71.8 Å². The Morgan fingerprint density at radius 3 is 2.39 bits per heavy atom. The zero-order valence-electron chi connectivity index (χ0n) is 17.7. The third-order valence-electron chi connectivity index (χ3n) is 5.44. The van der Waals surface area contributed by atoms with Gasteiger partial charge in [0.2, 0.25) is 11.8 Å². The van der Waals surface area contributed by atoms with Crippen LogP contribution in [0, 0.1) is 11.6 Å². The van der Waals surface area contributed by atoms with Crippen LogP contribution >= 0.6 is 0 Å². The number of anilines is 1. The first kappa shape index (κ1) is 22.4. The van der Waals surface area contributed by atoms with E-state index in [1.807, 2.05) is 35.2 Å². The Balaban J connectivity index is 1.20. The van der Waals surface area contributed by atoms with Gasteiger partial charge in [0.25, 0.3) is 5.91 Å². The summed E-state index contributed by atoms with van der Waals surface area (Å²) in [6, 6.07) is 12.5. The number of nitrogens with zero attached hydrogens (tertiary/aromatic N) is 2. The zero-order valence-corrected chi connectivity index (χ0v) is 17.7. The van der Waals surface area contributed by atoms with Gasteiger partial charge in [-0.25, -0.2) is 8.78 Å². The molecule has 0 aliphatic carbocycles. The van der Waals surface area contributed by atoms with Crippen LogP contribution in [0.5, 0.6) is 0 Å². The van der Waals surface area contributed by atoms with Gasteiger partial charge in [0.05, 0.1) is 13.1 Å². The predicted octanol–water partition coefficient (Wildman–Crippen LogP) is 1.96. The third-order valence-corrected chi connectivity index (χ3v) is 5.44.